The highest BCUT2D eigenvalue weighted by Gasteiger charge is 2.28. The van der Waals surface area contributed by atoms with Crippen molar-refractivity contribution in [1.29, 1.82) is 0 Å². The van der Waals surface area contributed by atoms with E-state index in [2.05, 4.69) is 218 Å². The highest BCUT2D eigenvalue weighted by molar-refractivity contribution is 7.80. The summed E-state index contributed by atoms with van der Waals surface area (Å²) in [6.45, 7) is 0. The lowest BCUT2D eigenvalue weighted by molar-refractivity contribution is 1.73. The minimum absolute atomic E-state index is 0.930. The third kappa shape index (κ3) is 5.71. The van der Waals surface area contributed by atoms with Crippen molar-refractivity contribution in [1.82, 2.24) is 0 Å². The van der Waals surface area contributed by atoms with E-state index >= 15 is 0 Å². The molecule has 2 heteroatoms. The van der Waals surface area contributed by atoms with Crippen LogP contribution >= 0.6 is 15.8 Å². The van der Waals surface area contributed by atoms with Crippen LogP contribution in [0.15, 0.2) is 218 Å². The van der Waals surface area contributed by atoms with E-state index < -0.39 is 15.8 Å². The van der Waals surface area contributed by atoms with Gasteiger partial charge in [0, 0.05) is 0 Å². The van der Waals surface area contributed by atoms with Crippen LogP contribution in [0, 0.1) is 0 Å². The number of rotatable bonds is 7. The maximum Gasteiger partial charge on any atom is -0.000861 e. The Labute approximate surface area is 318 Å². The maximum atomic E-state index is 2.47. The Hall–Kier alpha value is -5.90. The molecule has 0 nitrogen and oxygen atoms in total. The Balaban J connectivity index is 1.42. The molecule has 10 rings (SSSR count). The minimum Gasteiger partial charge on any atom is -0.0622 e. The van der Waals surface area contributed by atoms with E-state index in [1.54, 1.807) is 0 Å². The molecule has 0 bridgehead atoms. The Morgan fingerprint density at radius 2 is 0.500 bits per heavy atom. The molecule has 0 fully saturated rings. The first-order valence-corrected chi connectivity index (χ1v) is 21.2. The van der Waals surface area contributed by atoms with E-state index in [-0.39, 0.29) is 0 Å². The molecular weight excluding hydrogens is 687 g/mol. The third-order valence-electron chi connectivity index (χ3n) is 10.6. The van der Waals surface area contributed by atoms with Gasteiger partial charge in [-0.05, 0) is 102 Å². The van der Waals surface area contributed by atoms with Crippen LogP contribution in [0.5, 0.6) is 0 Å². The first-order valence-electron chi connectivity index (χ1n) is 18.5. The van der Waals surface area contributed by atoms with Crippen molar-refractivity contribution in [3.8, 4) is 11.1 Å². The lowest BCUT2D eigenvalue weighted by Crippen LogP contribution is -2.26. The van der Waals surface area contributed by atoms with Crippen molar-refractivity contribution in [2.24, 2.45) is 0 Å². The highest BCUT2D eigenvalue weighted by Crippen LogP contribution is 2.47. The predicted octanol–water partition coefficient (Wildman–Crippen LogP) is 11.5. The fourth-order valence-electron chi connectivity index (χ4n) is 8.21. The summed E-state index contributed by atoms with van der Waals surface area (Å²) in [5, 5.41) is 18.4. The van der Waals surface area contributed by atoms with E-state index in [9.17, 15) is 0 Å². The summed E-state index contributed by atoms with van der Waals surface area (Å²) < 4.78 is 0. The molecule has 0 atom stereocenters. The molecule has 54 heavy (non-hydrogen) atoms. The van der Waals surface area contributed by atoms with E-state index in [1.807, 2.05) is 0 Å². The van der Waals surface area contributed by atoms with Gasteiger partial charge in [0.05, 0.1) is 0 Å². The summed E-state index contributed by atoms with van der Waals surface area (Å²) in [7, 11) is -1.86. The number of benzene rings is 10. The van der Waals surface area contributed by atoms with Gasteiger partial charge in [0.2, 0.25) is 0 Å². The molecule has 0 saturated heterocycles. The van der Waals surface area contributed by atoms with Crippen LogP contribution in [0.2, 0.25) is 0 Å². The highest BCUT2D eigenvalue weighted by atomic mass is 31.1. The first-order chi connectivity index (χ1) is 26.8. The molecular formula is C52H36P2. The average Bonchev–Trinajstić information content (AvgIpc) is 3.25. The van der Waals surface area contributed by atoms with E-state index in [0.29, 0.717) is 0 Å². The molecule has 0 spiro atoms. The molecule has 0 saturated carbocycles. The van der Waals surface area contributed by atoms with Gasteiger partial charge in [0.15, 0.2) is 0 Å². The second-order valence-corrected chi connectivity index (χ2v) is 18.1. The second kappa shape index (κ2) is 14.2. The van der Waals surface area contributed by atoms with Gasteiger partial charge in [0.25, 0.3) is 0 Å². The van der Waals surface area contributed by atoms with Gasteiger partial charge in [-0.25, -0.2) is 0 Å². The molecule has 0 aromatic heterocycles. The van der Waals surface area contributed by atoms with Crippen LogP contribution < -0.4 is 31.8 Å². The Morgan fingerprint density at radius 3 is 0.852 bits per heavy atom. The fraction of sp³-hybridized carbons (Fsp3) is 0. The quantitative estimate of drug-likeness (QED) is 0.113. The summed E-state index contributed by atoms with van der Waals surface area (Å²) >= 11 is 0. The van der Waals surface area contributed by atoms with Gasteiger partial charge in [-0.3, -0.25) is 0 Å². The molecule has 0 aliphatic rings. The third-order valence-corrected chi connectivity index (χ3v) is 15.6. The molecule has 0 heterocycles. The molecule has 10 aromatic carbocycles. The Morgan fingerprint density at radius 1 is 0.204 bits per heavy atom. The normalized spacial score (nSPS) is 11.7. The second-order valence-electron chi connectivity index (χ2n) is 13.7. The SMILES string of the molecule is c1ccc(P(c2ccccc2)c2ccc3c(ccc4ccccc43)c2-c2c(P(c3ccccc3)c3ccccc3)ccc3c2ccc2ccccc23)cc1. The summed E-state index contributed by atoms with van der Waals surface area (Å²) in [5.74, 6) is 0. The molecule has 0 N–H and O–H groups in total. The summed E-state index contributed by atoms with van der Waals surface area (Å²) in [4.78, 5) is 0. The predicted molar refractivity (Wildman–Crippen MR) is 239 cm³/mol. The van der Waals surface area contributed by atoms with Gasteiger partial charge >= 0.3 is 0 Å². The molecule has 254 valence electrons. The van der Waals surface area contributed by atoms with Crippen LogP contribution in [-0.4, -0.2) is 0 Å². The minimum atomic E-state index is -0.930. The largest absolute Gasteiger partial charge is 0.0622 e. The Kier molecular flexibility index (Phi) is 8.58. The molecule has 10 aromatic rings. The van der Waals surface area contributed by atoms with Crippen molar-refractivity contribution in [2.75, 3.05) is 0 Å². The lowest BCUT2D eigenvalue weighted by Gasteiger charge is -2.29. The van der Waals surface area contributed by atoms with Gasteiger partial charge in [-0.2, -0.15) is 0 Å². The van der Waals surface area contributed by atoms with Gasteiger partial charge in [-0.15, -0.1) is 0 Å². The molecule has 0 aliphatic carbocycles. The first kappa shape index (κ1) is 32.7. The molecule has 0 radical (unpaired) electrons. The van der Waals surface area contributed by atoms with Gasteiger partial charge in [-0.1, -0.05) is 218 Å². The lowest BCUT2D eigenvalue weighted by atomic mass is 9.90. The van der Waals surface area contributed by atoms with Crippen molar-refractivity contribution in [3.63, 3.8) is 0 Å². The van der Waals surface area contributed by atoms with Crippen molar-refractivity contribution in [3.05, 3.63) is 218 Å². The summed E-state index contributed by atoms with van der Waals surface area (Å²) in [6, 6.07) is 81.6. The van der Waals surface area contributed by atoms with Crippen LogP contribution in [0.25, 0.3) is 54.2 Å². The van der Waals surface area contributed by atoms with Gasteiger partial charge < -0.3 is 0 Å². The smallest absolute Gasteiger partial charge is 0.000861 e. The standard InChI is InChI=1S/C52H36P2/c1-5-19-39(20-6-1)53(40-21-7-2-8-22-40)49-35-33-45-43-27-15-13-17-37(43)29-31-47(45)51(49)52-48-32-30-38-18-14-16-28-44(38)46(48)34-36-50(52)54(41-23-9-3-10-24-41)42-25-11-4-12-26-42/h1-36H. The fourth-order valence-corrected chi connectivity index (χ4v) is 13.2. The molecule has 0 aliphatic heterocycles. The summed E-state index contributed by atoms with van der Waals surface area (Å²) in [5.41, 5.74) is 2.68. The van der Waals surface area contributed by atoms with Crippen molar-refractivity contribution in [2.45, 2.75) is 0 Å². The van der Waals surface area contributed by atoms with E-state index in [1.165, 1.54) is 86.0 Å². The Bertz CT molecular complexity index is 2640. The summed E-state index contributed by atoms with van der Waals surface area (Å²) in [6.07, 6.45) is 0. The van der Waals surface area contributed by atoms with Gasteiger partial charge in [0.1, 0.15) is 0 Å². The zero-order valence-electron chi connectivity index (χ0n) is 29.7. The number of hydrogen-bond donors (Lipinski definition) is 0. The van der Waals surface area contributed by atoms with Crippen LogP contribution in [0.3, 0.4) is 0 Å². The van der Waals surface area contributed by atoms with Crippen LogP contribution in [0.4, 0.5) is 0 Å². The van der Waals surface area contributed by atoms with Crippen molar-refractivity contribution < 1.29 is 0 Å². The zero-order valence-corrected chi connectivity index (χ0v) is 31.5. The van der Waals surface area contributed by atoms with Crippen LogP contribution in [-0.2, 0) is 0 Å². The molecule has 0 unspecified atom stereocenters. The van der Waals surface area contributed by atoms with Crippen LogP contribution in [0.1, 0.15) is 0 Å². The molecule has 0 amide bonds. The van der Waals surface area contributed by atoms with E-state index in [4.69, 9.17) is 0 Å². The average molecular weight is 723 g/mol. The monoisotopic (exact) mass is 722 g/mol. The van der Waals surface area contributed by atoms with E-state index in [0.717, 1.165) is 0 Å². The van der Waals surface area contributed by atoms with Crippen molar-refractivity contribution >= 4 is 90.8 Å². The number of fused-ring (bicyclic) bond motifs is 6. The zero-order chi connectivity index (χ0) is 35.8. The maximum absolute atomic E-state index is 2.47. The topological polar surface area (TPSA) is 0 Å². The number of hydrogen-bond acceptors (Lipinski definition) is 0.